The fourth-order valence-electron chi connectivity index (χ4n) is 3.19. The molecule has 0 bridgehead atoms. The van der Waals surface area contributed by atoms with Gasteiger partial charge in [0, 0.05) is 31.9 Å². The summed E-state index contributed by atoms with van der Waals surface area (Å²) in [6.07, 6.45) is 2.75. The van der Waals surface area contributed by atoms with E-state index in [4.69, 9.17) is 0 Å². The van der Waals surface area contributed by atoms with Crippen LogP contribution >= 0.6 is 0 Å². The van der Waals surface area contributed by atoms with Crippen LogP contribution in [0.3, 0.4) is 0 Å². The first kappa shape index (κ1) is 12.9. The largest absolute Gasteiger partial charge is 0.369 e. The van der Waals surface area contributed by atoms with Gasteiger partial charge in [-0.15, -0.1) is 0 Å². The van der Waals surface area contributed by atoms with Crippen molar-refractivity contribution < 1.29 is 0 Å². The molecule has 0 amide bonds. The van der Waals surface area contributed by atoms with Gasteiger partial charge in [-0.2, -0.15) is 0 Å². The van der Waals surface area contributed by atoms with E-state index in [-0.39, 0.29) is 0 Å². The zero-order chi connectivity index (χ0) is 12.9. The molecule has 1 aromatic rings. The Balaban J connectivity index is 1.42. The molecule has 3 nitrogen and oxygen atoms in total. The average molecular weight is 259 g/mol. The van der Waals surface area contributed by atoms with E-state index >= 15 is 0 Å². The molecule has 2 aliphatic rings. The molecule has 2 aliphatic heterocycles. The summed E-state index contributed by atoms with van der Waals surface area (Å²) in [7, 11) is 0. The minimum atomic E-state index is 0.923. The Morgan fingerprint density at radius 3 is 2.53 bits per heavy atom. The number of anilines is 1. The summed E-state index contributed by atoms with van der Waals surface area (Å²) >= 11 is 0. The molecule has 0 spiro atoms. The second-order valence-electron chi connectivity index (χ2n) is 5.81. The molecule has 1 aromatic carbocycles. The molecule has 2 heterocycles. The molecule has 0 aromatic heterocycles. The van der Waals surface area contributed by atoms with Crippen molar-refractivity contribution in [3.63, 3.8) is 0 Å². The van der Waals surface area contributed by atoms with Gasteiger partial charge in [0.1, 0.15) is 0 Å². The van der Waals surface area contributed by atoms with Crippen LogP contribution in [0.1, 0.15) is 12.8 Å². The van der Waals surface area contributed by atoms with Crippen LogP contribution in [0.15, 0.2) is 30.3 Å². The lowest BCUT2D eigenvalue weighted by Gasteiger charge is -2.36. The number of hydrogen-bond donors (Lipinski definition) is 1. The minimum absolute atomic E-state index is 0.923. The molecular weight excluding hydrogens is 234 g/mol. The molecule has 1 N–H and O–H groups in total. The van der Waals surface area contributed by atoms with Gasteiger partial charge in [0.25, 0.3) is 0 Å². The van der Waals surface area contributed by atoms with Gasteiger partial charge in [0.05, 0.1) is 0 Å². The van der Waals surface area contributed by atoms with E-state index in [1.165, 1.54) is 64.3 Å². The summed E-state index contributed by atoms with van der Waals surface area (Å²) in [6.45, 7) is 8.54. The summed E-state index contributed by atoms with van der Waals surface area (Å²) < 4.78 is 0. The number of nitrogens with one attached hydrogen (secondary N) is 1. The molecule has 3 heteroatoms. The Kier molecular flexibility index (Phi) is 4.36. The Morgan fingerprint density at radius 2 is 1.84 bits per heavy atom. The Bertz CT molecular complexity index is 365. The predicted molar refractivity (Wildman–Crippen MR) is 80.7 cm³/mol. The van der Waals surface area contributed by atoms with E-state index in [0.29, 0.717) is 0 Å². The van der Waals surface area contributed by atoms with Gasteiger partial charge in [-0.1, -0.05) is 18.2 Å². The standard InChI is InChI=1S/C16H25N3/c1-2-4-16(5-3-1)19-12-10-18(11-13-19)9-7-15-6-8-17-14-15/h1-5,15,17H,6-14H2. The molecule has 3 rings (SSSR count). The second kappa shape index (κ2) is 6.40. The minimum Gasteiger partial charge on any atom is -0.369 e. The van der Waals surface area contributed by atoms with Crippen molar-refractivity contribution in [2.45, 2.75) is 12.8 Å². The molecule has 19 heavy (non-hydrogen) atoms. The highest BCUT2D eigenvalue weighted by Gasteiger charge is 2.19. The molecule has 2 saturated heterocycles. The SMILES string of the molecule is c1ccc(N2CCN(CCC3CCNC3)CC2)cc1. The highest BCUT2D eigenvalue weighted by Crippen LogP contribution is 2.17. The maximum Gasteiger partial charge on any atom is 0.0367 e. The first-order valence-electron chi connectivity index (χ1n) is 7.65. The van der Waals surface area contributed by atoms with Crippen LogP contribution in [0.25, 0.3) is 0 Å². The summed E-state index contributed by atoms with van der Waals surface area (Å²) in [5.41, 5.74) is 1.38. The summed E-state index contributed by atoms with van der Waals surface area (Å²) in [4.78, 5) is 5.14. The van der Waals surface area contributed by atoms with Crippen LogP contribution in [-0.2, 0) is 0 Å². The van der Waals surface area contributed by atoms with E-state index in [1.807, 2.05) is 0 Å². The van der Waals surface area contributed by atoms with E-state index in [9.17, 15) is 0 Å². The van der Waals surface area contributed by atoms with Crippen molar-refractivity contribution in [2.24, 2.45) is 5.92 Å². The van der Waals surface area contributed by atoms with E-state index in [2.05, 4.69) is 45.4 Å². The number of benzene rings is 1. The van der Waals surface area contributed by atoms with Crippen LogP contribution in [0, 0.1) is 5.92 Å². The Labute approximate surface area is 116 Å². The Morgan fingerprint density at radius 1 is 1.05 bits per heavy atom. The van der Waals surface area contributed by atoms with Crippen LogP contribution in [-0.4, -0.2) is 50.7 Å². The van der Waals surface area contributed by atoms with E-state index in [1.54, 1.807) is 0 Å². The van der Waals surface area contributed by atoms with Gasteiger partial charge >= 0.3 is 0 Å². The number of para-hydroxylation sites is 1. The number of hydrogen-bond acceptors (Lipinski definition) is 3. The number of piperazine rings is 1. The molecule has 0 aliphatic carbocycles. The van der Waals surface area contributed by atoms with Gasteiger partial charge < -0.3 is 10.2 Å². The van der Waals surface area contributed by atoms with Crippen molar-refractivity contribution in [2.75, 3.05) is 50.7 Å². The molecule has 2 fully saturated rings. The highest BCUT2D eigenvalue weighted by molar-refractivity contribution is 5.46. The fraction of sp³-hybridized carbons (Fsp3) is 0.625. The summed E-state index contributed by atoms with van der Waals surface area (Å²) in [5.74, 6) is 0.923. The average Bonchev–Trinajstić information content (AvgIpc) is 3.00. The molecule has 1 unspecified atom stereocenters. The fourth-order valence-corrected chi connectivity index (χ4v) is 3.19. The third-order valence-corrected chi connectivity index (χ3v) is 4.51. The monoisotopic (exact) mass is 259 g/mol. The molecule has 104 valence electrons. The van der Waals surface area contributed by atoms with Crippen molar-refractivity contribution in [1.29, 1.82) is 0 Å². The molecule has 0 saturated carbocycles. The third-order valence-electron chi connectivity index (χ3n) is 4.51. The predicted octanol–water partition coefficient (Wildman–Crippen LogP) is 1.81. The molecular formula is C16H25N3. The maximum absolute atomic E-state index is 3.46. The Hall–Kier alpha value is -1.06. The lowest BCUT2D eigenvalue weighted by molar-refractivity contribution is 0.241. The third kappa shape index (κ3) is 3.48. The number of rotatable bonds is 4. The lowest BCUT2D eigenvalue weighted by Crippen LogP contribution is -2.46. The quantitative estimate of drug-likeness (QED) is 0.889. The first-order chi connectivity index (χ1) is 9.42. The van der Waals surface area contributed by atoms with Gasteiger partial charge in [-0.05, 0) is 50.5 Å². The zero-order valence-corrected chi connectivity index (χ0v) is 11.7. The van der Waals surface area contributed by atoms with Gasteiger partial charge in [0.2, 0.25) is 0 Å². The smallest absolute Gasteiger partial charge is 0.0367 e. The van der Waals surface area contributed by atoms with Gasteiger partial charge in [-0.25, -0.2) is 0 Å². The van der Waals surface area contributed by atoms with Crippen LogP contribution in [0.5, 0.6) is 0 Å². The second-order valence-corrected chi connectivity index (χ2v) is 5.81. The topological polar surface area (TPSA) is 18.5 Å². The number of nitrogens with zero attached hydrogens (tertiary/aromatic N) is 2. The van der Waals surface area contributed by atoms with E-state index < -0.39 is 0 Å². The summed E-state index contributed by atoms with van der Waals surface area (Å²) in [5, 5.41) is 3.46. The van der Waals surface area contributed by atoms with Gasteiger partial charge in [-0.3, -0.25) is 4.90 Å². The van der Waals surface area contributed by atoms with Crippen molar-refractivity contribution in [1.82, 2.24) is 10.2 Å². The highest BCUT2D eigenvalue weighted by atomic mass is 15.3. The normalized spacial score (nSPS) is 24.8. The van der Waals surface area contributed by atoms with Crippen molar-refractivity contribution >= 4 is 5.69 Å². The van der Waals surface area contributed by atoms with Crippen LogP contribution in [0.4, 0.5) is 5.69 Å². The summed E-state index contributed by atoms with van der Waals surface area (Å²) in [6, 6.07) is 10.8. The van der Waals surface area contributed by atoms with E-state index in [0.717, 1.165) is 5.92 Å². The van der Waals surface area contributed by atoms with Crippen molar-refractivity contribution in [3.8, 4) is 0 Å². The molecule has 1 atom stereocenters. The van der Waals surface area contributed by atoms with Crippen molar-refractivity contribution in [3.05, 3.63) is 30.3 Å². The lowest BCUT2D eigenvalue weighted by atomic mass is 10.0. The zero-order valence-electron chi connectivity index (χ0n) is 11.7. The maximum atomic E-state index is 3.46. The van der Waals surface area contributed by atoms with Gasteiger partial charge in [0.15, 0.2) is 0 Å². The van der Waals surface area contributed by atoms with Crippen LogP contribution < -0.4 is 10.2 Å². The first-order valence-corrected chi connectivity index (χ1v) is 7.65. The molecule has 0 radical (unpaired) electrons. The van der Waals surface area contributed by atoms with Crippen LogP contribution in [0.2, 0.25) is 0 Å².